The Kier molecular flexibility index (Phi) is 6.69. The highest BCUT2D eigenvalue weighted by Crippen LogP contribution is 2.24. The average Bonchev–Trinajstić information content (AvgIpc) is 3.45. The van der Waals surface area contributed by atoms with Gasteiger partial charge in [0, 0.05) is 21.2 Å². The van der Waals surface area contributed by atoms with Crippen molar-refractivity contribution >= 4 is 41.7 Å². The third-order valence-corrected chi connectivity index (χ3v) is 4.73. The molecular weight excluding hydrogens is 451 g/mol. The minimum absolute atomic E-state index is 0.476. The summed E-state index contributed by atoms with van der Waals surface area (Å²) in [5.74, 6) is 2.27. The quantitative estimate of drug-likeness (QED) is 0.262. The van der Waals surface area contributed by atoms with Crippen LogP contribution in [0.15, 0.2) is 91.8 Å². The van der Waals surface area contributed by atoms with E-state index in [0.717, 1.165) is 11.1 Å². The Balaban J connectivity index is 1.26. The van der Waals surface area contributed by atoms with Crippen molar-refractivity contribution in [2.45, 2.75) is 0 Å². The molecule has 0 fully saturated rings. The summed E-state index contributed by atoms with van der Waals surface area (Å²) in [6.45, 7) is 0. The van der Waals surface area contributed by atoms with E-state index in [9.17, 15) is 4.79 Å². The lowest BCUT2D eigenvalue weighted by Crippen LogP contribution is -2.28. The van der Waals surface area contributed by atoms with E-state index in [1.807, 2.05) is 24.3 Å². The predicted molar refractivity (Wildman–Crippen MR) is 125 cm³/mol. The highest BCUT2D eigenvalue weighted by molar-refractivity contribution is 6.30. The van der Waals surface area contributed by atoms with Crippen LogP contribution in [0.25, 0.3) is 22.6 Å². The molecule has 0 unspecified atom stereocenters. The monoisotopic (exact) mass is 466 g/mol. The topological polar surface area (TPSA) is 92.1 Å². The van der Waals surface area contributed by atoms with Crippen LogP contribution in [0.1, 0.15) is 11.5 Å². The molecule has 0 aliphatic carbocycles. The van der Waals surface area contributed by atoms with E-state index in [1.54, 1.807) is 48.5 Å². The van der Waals surface area contributed by atoms with Crippen LogP contribution in [0.2, 0.25) is 10.0 Å². The van der Waals surface area contributed by atoms with Gasteiger partial charge in [0.15, 0.2) is 0 Å². The molecule has 9 heteroatoms. The predicted octanol–water partition coefficient (Wildman–Crippen LogP) is 6.18. The zero-order valence-corrected chi connectivity index (χ0v) is 18.0. The van der Waals surface area contributed by atoms with E-state index >= 15 is 0 Å². The largest absolute Gasteiger partial charge is 0.455 e. The number of halogens is 2. The van der Waals surface area contributed by atoms with E-state index in [0.29, 0.717) is 33.1 Å². The smallest absolute Gasteiger partial charge is 0.355 e. The van der Waals surface area contributed by atoms with Crippen LogP contribution in [0.3, 0.4) is 0 Å². The number of nitrogens with one attached hydrogen (secondary N) is 2. The van der Waals surface area contributed by atoms with Gasteiger partial charge in [0.05, 0.1) is 12.4 Å². The van der Waals surface area contributed by atoms with E-state index in [2.05, 4.69) is 21.1 Å². The van der Waals surface area contributed by atoms with Crippen LogP contribution in [0, 0.1) is 0 Å². The van der Waals surface area contributed by atoms with Crippen molar-refractivity contribution < 1.29 is 13.6 Å². The second-order valence-corrected chi connectivity index (χ2v) is 7.36. The van der Waals surface area contributed by atoms with Crippen molar-refractivity contribution in [1.29, 1.82) is 0 Å². The summed E-state index contributed by atoms with van der Waals surface area (Å²) in [7, 11) is 0. The second-order valence-electron chi connectivity index (χ2n) is 6.49. The van der Waals surface area contributed by atoms with Gasteiger partial charge in [-0.25, -0.2) is 15.6 Å². The van der Waals surface area contributed by atoms with Gasteiger partial charge in [0.1, 0.15) is 23.0 Å². The SMILES string of the molecule is O=C(N/N=C/c1ccc(-c2ccc(Cl)cc2)o1)N/N=C/c1ccc(-c2ccc(Cl)cc2)o1. The number of rotatable bonds is 6. The molecule has 7 nitrogen and oxygen atoms in total. The van der Waals surface area contributed by atoms with Crippen LogP contribution >= 0.6 is 23.2 Å². The molecular formula is C23H16Cl2N4O3. The van der Waals surface area contributed by atoms with Crippen LogP contribution in [-0.4, -0.2) is 18.5 Å². The summed E-state index contributed by atoms with van der Waals surface area (Å²) >= 11 is 11.8. The Labute approximate surface area is 193 Å². The highest BCUT2D eigenvalue weighted by atomic mass is 35.5. The Hall–Kier alpha value is -3.81. The Morgan fingerprint density at radius 1 is 0.656 bits per heavy atom. The van der Waals surface area contributed by atoms with Gasteiger partial charge in [-0.15, -0.1) is 0 Å². The molecule has 0 radical (unpaired) electrons. The number of hydrogen-bond acceptors (Lipinski definition) is 5. The lowest BCUT2D eigenvalue weighted by Gasteiger charge is -1.97. The number of hydrazone groups is 2. The normalized spacial score (nSPS) is 11.3. The molecule has 0 aliphatic rings. The van der Waals surface area contributed by atoms with Crippen molar-refractivity contribution in [2.24, 2.45) is 10.2 Å². The zero-order valence-electron chi connectivity index (χ0n) is 16.5. The highest BCUT2D eigenvalue weighted by Gasteiger charge is 2.05. The van der Waals surface area contributed by atoms with Gasteiger partial charge >= 0.3 is 6.03 Å². The Morgan fingerprint density at radius 2 is 1.06 bits per heavy atom. The number of hydrogen-bond donors (Lipinski definition) is 2. The number of nitrogens with zero attached hydrogens (tertiary/aromatic N) is 2. The maximum Gasteiger partial charge on any atom is 0.355 e. The van der Waals surface area contributed by atoms with Gasteiger partial charge in [0.2, 0.25) is 0 Å². The first kappa shape index (κ1) is 21.4. The summed E-state index contributed by atoms with van der Waals surface area (Å²) < 4.78 is 11.3. The third kappa shape index (κ3) is 5.66. The lowest BCUT2D eigenvalue weighted by molar-refractivity contribution is 0.242. The molecule has 0 saturated carbocycles. The number of benzene rings is 2. The number of carbonyl (C=O) groups is 1. The van der Waals surface area contributed by atoms with E-state index in [-0.39, 0.29) is 0 Å². The molecule has 0 spiro atoms. The minimum Gasteiger partial charge on any atom is -0.455 e. The van der Waals surface area contributed by atoms with E-state index in [1.165, 1.54) is 12.4 Å². The molecule has 4 rings (SSSR count). The van der Waals surface area contributed by atoms with Crippen LogP contribution < -0.4 is 10.9 Å². The summed E-state index contributed by atoms with van der Waals surface area (Å²) in [6, 6.07) is 21.0. The maximum atomic E-state index is 11.8. The van der Waals surface area contributed by atoms with Gasteiger partial charge in [-0.3, -0.25) is 0 Å². The van der Waals surface area contributed by atoms with Gasteiger partial charge in [-0.2, -0.15) is 10.2 Å². The van der Waals surface area contributed by atoms with Crippen molar-refractivity contribution in [3.8, 4) is 22.6 Å². The fraction of sp³-hybridized carbons (Fsp3) is 0. The van der Waals surface area contributed by atoms with E-state index in [4.69, 9.17) is 32.0 Å². The van der Waals surface area contributed by atoms with Crippen molar-refractivity contribution in [3.05, 3.63) is 94.4 Å². The lowest BCUT2D eigenvalue weighted by atomic mass is 10.2. The zero-order chi connectivity index (χ0) is 22.3. The van der Waals surface area contributed by atoms with Crippen LogP contribution in [0.4, 0.5) is 4.79 Å². The molecule has 2 aromatic heterocycles. The third-order valence-electron chi connectivity index (χ3n) is 4.23. The maximum absolute atomic E-state index is 11.8. The molecule has 0 bridgehead atoms. The summed E-state index contributed by atoms with van der Waals surface area (Å²) in [5.41, 5.74) is 6.35. The fourth-order valence-corrected chi connectivity index (χ4v) is 2.97. The molecule has 2 N–H and O–H groups in total. The molecule has 160 valence electrons. The van der Waals surface area contributed by atoms with Gasteiger partial charge < -0.3 is 8.83 Å². The number of furan rings is 2. The molecule has 0 aliphatic heterocycles. The average molecular weight is 467 g/mol. The first-order valence-corrected chi connectivity index (χ1v) is 10.2. The van der Waals surface area contributed by atoms with E-state index < -0.39 is 6.03 Å². The number of amides is 2. The van der Waals surface area contributed by atoms with Crippen LogP contribution in [-0.2, 0) is 0 Å². The first-order valence-electron chi connectivity index (χ1n) is 9.40. The second kappa shape index (κ2) is 10.00. The molecule has 4 aromatic rings. The molecule has 2 aromatic carbocycles. The molecule has 0 saturated heterocycles. The number of carbonyl (C=O) groups excluding carboxylic acids is 1. The molecule has 32 heavy (non-hydrogen) atoms. The standard InChI is InChI=1S/C23H16Cl2N4O3/c24-17-5-1-15(2-6-17)21-11-9-19(31-21)13-26-28-23(30)29-27-14-20-10-12-22(32-20)16-3-7-18(25)8-4-16/h1-14H,(H2,28,29,30)/b26-13+,27-14+. The Bertz CT molecular complexity index is 1160. The van der Waals surface area contributed by atoms with Gasteiger partial charge in [0.25, 0.3) is 0 Å². The van der Waals surface area contributed by atoms with Crippen LogP contribution in [0.5, 0.6) is 0 Å². The molecule has 0 atom stereocenters. The van der Waals surface area contributed by atoms with Crippen molar-refractivity contribution in [1.82, 2.24) is 10.9 Å². The minimum atomic E-state index is -0.619. The molecule has 2 amide bonds. The van der Waals surface area contributed by atoms with Crippen molar-refractivity contribution in [2.75, 3.05) is 0 Å². The Morgan fingerprint density at radius 3 is 1.47 bits per heavy atom. The van der Waals surface area contributed by atoms with Crippen molar-refractivity contribution in [3.63, 3.8) is 0 Å². The summed E-state index contributed by atoms with van der Waals surface area (Å²) in [5, 5.41) is 8.95. The summed E-state index contributed by atoms with van der Waals surface area (Å²) in [6.07, 6.45) is 2.77. The summed E-state index contributed by atoms with van der Waals surface area (Å²) in [4.78, 5) is 11.8. The first-order chi connectivity index (χ1) is 15.6. The molecule has 2 heterocycles. The number of urea groups is 1. The van der Waals surface area contributed by atoms with Gasteiger partial charge in [-0.1, -0.05) is 23.2 Å². The fourth-order valence-electron chi connectivity index (χ4n) is 2.72. The van der Waals surface area contributed by atoms with Gasteiger partial charge in [-0.05, 0) is 72.8 Å².